The van der Waals surface area contributed by atoms with E-state index in [0.29, 0.717) is 24.2 Å². The molecule has 1 aromatic heterocycles. The van der Waals surface area contributed by atoms with Crippen molar-refractivity contribution in [3.8, 4) is 0 Å². The zero-order valence-corrected chi connectivity index (χ0v) is 17.7. The maximum atomic E-state index is 5.06. The van der Waals surface area contributed by atoms with Crippen LogP contribution in [0.3, 0.4) is 0 Å². The summed E-state index contributed by atoms with van der Waals surface area (Å²) in [6, 6.07) is 8.89. The molecule has 1 heterocycles. The summed E-state index contributed by atoms with van der Waals surface area (Å²) in [6.07, 6.45) is 2.09. The molecule has 2 rings (SSSR count). The van der Waals surface area contributed by atoms with Crippen molar-refractivity contribution >= 4 is 29.9 Å². The van der Waals surface area contributed by atoms with E-state index in [1.54, 1.807) is 14.0 Å². The van der Waals surface area contributed by atoms with Crippen LogP contribution in [0, 0.1) is 6.92 Å². The lowest BCUT2D eigenvalue weighted by molar-refractivity contribution is 0.371. The molecule has 0 amide bonds. The highest BCUT2D eigenvalue weighted by Crippen LogP contribution is 2.15. The number of aliphatic imine (C=N–C) groups is 1. The number of benzene rings is 1. The van der Waals surface area contributed by atoms with E-state index in [2.05, 4.69) is 63.9 Å². The molecular weight excluding hydrogens is 429 g/mol. The van der Waals surface area contributed by atoms with E-state index < -0.39 is 0 Å². The zero-order valence-electron chi connectivity index (χ0n) is 15.4. The predicted molar refractivity (Wildman–Crippen MR) is 112 cm³/mol. The first kappa shape index (κ1) is 21.4. The van der Waals surface area contributed by atoms with Crippen LogP contribution in [0.1, 0.15) is 49.0 Å². The van der Waals surface area contributed by atoms with Gasteiger partial charge in [-0.05, 0) is 36.8 Å². The van der Waals surface area contributed by atoms with Gasteiger partial charge in [-0.1, -0.05) is 43.3 Å². The Morgan fingerprint density at radius 3 is 2.48 bits per heavy atom. The molecule has 25 heavy (non-hydrogen) atoms. The Bertz CT molecular complexity index is 652. The van der Waals surface area contributed by atoms with Crippen molar-refractivity contribution in [1.82, 2.24) is 20.8 Å². The minimum Gasteiger partial charge on any atom is -0.356 e. The fraction of sp³-hybridized carbons (Fsp3) is 0.500. The van der Waals surface area contributed by atoms with Gasteiger partial charge >= 0.3 is 0 Å². The average Bonchev–Trinajstić information content (AvgIpc) is 3.00. The van der Waals surface area contributed by atoms with E-state index in [4.69, 9.17) is 4.52 Å². The molecule has 0 saturated heterocycles. The third kappa shape index (κ3) is 7.41. The van der Waals surface area contributed by atoms with Crippen molar-refractivity contribution < 1.29 is 4.52 Å². The van der Waals surface area contributed by atoms with Gasteiger partial charge in [0.05, 0.1) is 6.54 Å². The van der Waals surface area contributed by atoms with Crippen molar-refractivity contribution in [1.29, 1.82) is 0 Å². The van der Waals surface area contributed by atoms with E-state index in [0.717, 1.165) is 25.3 Å². The molecule has 0 aliphatic carbocycles. The van der Waals surface area contributed by atoms with E-state index in [1.807, 2.05) is 0 Å². The molecule has 0 atom stereocenters. The second-order valence-electron chi connectivity index (χ2n) is 6.09. The SMILES string of the molecule is CN=C(NCCCc1ccc(C(C)C)cc1)NCc1nc(C)no1.I. The van der Waals surface area contributed by atoms with Gasteiger partial charge in [0.1, 0.15) is 0 Å². The van der Waals surface area contributed by atoms with E-state index in [1.165, 1.54) is 11.1 Å². The number of nitrogens with one attached hydrogen (secondary N) is 2. The quantitative estimate of drug-likeness (QED) is 0.289. The van der Waals surface area contributed by atoms with E-state index >= 15 is 0 Å². The summed E-state index contributed by atoms with van der Waals surface area (Å²) in [4.78, 5) is 8.34. The first-order valence-corrected chi connectivity index (χ1v) is 8.41. The maximum Gasteiger partial charge on any atom is 0.246 e. The highest BCUT2D eigenvalue weighted by atomic mass is 127. The summed E-state index contributed by atoms with van der Waals surface area (Å²) < 4.78 is 5.06. The smallest absolute Gasteiger partial charge is 0.246 e. The Balaban J connectivity index is 0.00000312. The summed E-state index contributed by atoms with van der Waals surface area (Å²) in [5.41, 5.74) is 2.75. The third-order valence-corrected chi connectivity index (χ3v) is 3.78. The lowest BCUT2D eigenvalue weighted by Crippen LogP contribution is -2.37. The van der Waals surface area contributed by atoms with Crippen LogP contribution in [-0.2, 0) is 13.0 Å². The Kier molecular flexibility index (Phi) is 9.48. The maximum absolute atomic E-state index is 5.06. The van der Waals surface area contributed by atoms with Gasteiger partial charge in [0.15, 0.2) is 11.8 Å². The Labute approximate surface area is 166 Å². The molecule has 0 spiro atoms. The van der Waals surface area contributed by atoms with E-state index in [-0.39, 0.29) is 24.0 Å². The molecule has 0 radical (unpaired) electrons. The number of hydrogen-bond acceptors (Lipinski definition) is 4. The molecule has 2 aromatic rings. The van der Waals surface area contributed by atoms with Crippen molar-refractivity contribution in [2.75, 3.05) is 13.6 Å². The Morgan fingerprint density at radius 2 is 1.92 bits per heavy atom. The lowest BCUT2D eigenvalue weighted by Gasteiger charge is -2.11. The molecule has 1 aromatic carbocycles. The van der Waals surface area contributed by atoms with Gasteiger partial charge in [0.25, 0.3) is 0 Å². The molecule has 6 nitrogen and oxygen atoms in total. The summed E-state index contributed by atoms with van der Waals surface area (Å²) in [7, 11) is 1.75. The zero-order chi connectivity index (χ0) is 17.4. The summed E-state index contributed by atoms with van der Waals surface area (Å²) in [5.74, 6) is 2.51. The van der Waals surface area contributed by atoms with Gasteiger partial charge < -0.3 is 15.2 Å². The van der Waals surface area contributed by atoms with Crippen molar-refractivity contribution in [3.63, 3.8) is 0 Å². The molecule has 138 valence electrons. The molecule has 0 bridgehead atoms. The highest BCUT2D eigenvalue weighted by molar-refractivity contribution is 14.0. The number of halogens is 1. The number of hydrogen-bond donors (Lipinski definition) is 2. The molecule has 0 fully saturated rings. The van der Waals surface area contributed by atoms with Gasteiger partial charge in [-0.15, -0.1) is 24.0 Å². The first-order chi connectivity index (χ1) is 11.6. The summed E-state index contributed by atoms with van der Waals surface area (Å²) >= 11 is 0. The van der Waals surface area contributed by atoms with Crippen LogP contribution >= 0.6 is 24.0 Å². The third-order valence-electron chi connectivity index (χ3n) is 3.78. The highest BCUT2D eigenvalue weighted by Gasteiger charge is 2.04. The van der Waals surface area contributed by atoms with Crippen LogP contribution in [0.4, 0.5) is 0 Å². The van der Waals surface area contributed by atoms with Crippen LogP contribution < -0.4 is 10.6 Å². The van der Waals surface area contributed by atoms with Gasteiger partial charge in [0.2, 0.25) is 5.89 Å². The fourth-order valence-corrected chi connectivity index (χ4v) is 2.36. The second kappa shape index (κ2) is 11.1. The van der Waals surface area contributed by atoms with Gasteiger partial charge in [-0.25, -0.2) is 0 Å². The summed E-state index contributed by atoms with van der Waals surface area (Å²) in [5, 5.41) is 10.2. The molecule has 2 N–H and O–H groups in total. The normalized spacial score (nSPS) is 11.3. The summed E-state index contributed by atoms with van der Waals surface area (Å²) in [6.45, 7) is 7.56. The molecular formula is C18H28IN5O. The standard InChI is InChI=1S/C18H27N5O.HI/c1-13(2)16-9-7-15(8-10-16)6-5-11-20-18(19-4)21-12-17-22-14(3)23-24-17;/h7-10,13H,5-6,11-12H2,1-4H3,(H2,19,20,21);1H. The number of rotatable bonds is 7. The van der Waals surface area contributed by atoms with Crippen LogP contribution in [0.15, 0.2) is 33.8 Å². The number of aromatic nitrogens is 2. The largest absolute Gasteiger partial charge is 0.356 e. The number of aryl methyl sites for hydroxylation is 2. The first-order valence-electron chi connectivity index (χ1n) is 8.41. The Hall–Kier alpha value is -1.64. The number of guanidine groups is 1. The van der Waals surface area contributed by atoms with Crippen molar-refractivity contribution in [2.24, 2.45) is 4.99 Å². The molecule has 0 saturated carbocycles. The Morgan fingerprint density at radius 1 is 1.20 bits per heavy atom. The predicted octanol–water partition coefficient (Wildman–Crippen LogP) is 3.42. The van der Waals surface area contributed by atoms with Crippen LogP contribution in [0.25, 0.3) is 0 Å². The minimum absolute atomic E-state index is 0. The fourth-order valence-electron chi connectivity index (χ4n) is 2.36. The molecule has 0 aliphatic heterocycles. The average molecular weight is 457 g/mol. The molecule has 7 heteroatoms. The van der Waals surface area contributed by atoms with E-state index in [9.17, 15) is 0 Å². The second-order valence-corrected chi connectivity index (χ2v) is 6.09. The van der Waals surface area contributed by atoms with Crippen molar-refractivity contribution in [3.05, 3.63) is 47.1 Å². The van der Waals surface area contributed by atoms with Crippen LogP contribution in [-0.4, -0.2) is 29.7 Å². The minimum atomic E-state index is 0. The van der Waals surface area contributed by atoms with Gasteiger partial charge in [0, 0.05) is 13.6 Å². The monoisotopic (exact) mass is 457 g/mol. The lowest BCUT2D eigenvalue weighted by atomic mass is 10.0. The number of nitrogens with zero attached hydrogens (tertiary/aromatic N) is 3. The molecule has 0 aliphatic rings. The topological polar surface area (TPSA) is 75.3 Å². The molecule has 0 unspecified atom stereocenters. The van der Waals surface area contributed by atoms with Gasteiger partial charge in [-0.3, -0.25) is 4.99 Å². The van der Waals surface area contributed by atoms with Crippen LogP contribution in [0.5, 0.6) is 0 Å². The van der Waals surface area contributed by atoms with Crippen LogP contribution in [0.2, 0.25) is 0 Å². The van der Waals surface area contributed by atoms with Gasteiger partial charge in [-0.2, -0.15) is 4.98 Å². The van der Waals surface area contributed by atoms with Crippen molar-refractivity contribution in [2.45, 2.75) is 46.1 Å².